The molecule has 0 atom stereocenters. The van der Waals surface area contributed by atoms with Crippen LogP contribution in [-0.4, -0.2) is 21.8 Å². The van der Waals surface area contributed by atoms with E-state index in [1.54, 1.807) is 6.07 Å². The van der Waals surface area contributed by atoms with Crippen molar-refractivity contribution in [3.8, 4) is 0 Å². The fourth-order valence-corrected chi connectivity index (χ4v) is 3.06. The molecule has 1 aliphatic rings. The number of nitrogens with zero attached hydrogens (tertiary/aromatic N) is 3. The highest BCUT2D eigenvalue weighted by molar-refractivity contribution is 5.93. The molecular weight excluding hydrogens is 272 g/mol. The predicted molar refractivity (Wildman–Crippen MR) is 78.1 cm³/mol. The highest BCUT2D eigenvalue weighted by atomic mass is 16.6. The predicted octanol–water partition coefficient (Wildman–Crippen LogP) is 3.51. The summed E-state index contributed by atoms with van der Waals surface area (Å²) in [6, 6.07) is 3.10. The van der Waals surface area contributed by atoms with Crippen LogP contribution in [0.1, 0.15) is 38.5 Å². The first kappa shape index (κ1) is 13.8. The molecule has 7 nitrogen and oxygen atoms in total. The summed E-state index contributed by atoms with van der Waals surface area (Å²) in [6.45, 7) is 0.830. The lowest BCUT2D eigenvalue weighted by Gasteiger charge is -2.10. The number of non-ortho nitro benzene ring substituents is 1. The van der Waals surface area contributed by atoms with E-state index in [0.29, 0.717) is 5.52 Å². The minimum atomic E-state index is -0.476. The molecule has 0 radical (unpaired) electrons. The van der Waals surface area contributed by atoms with Crippen molar-refractivity contribution in [3.63, 3.8) is 0 Å². The average Bonchev–Trinajstić information content (AvgIpc) is 3.14. The van der Waals surface area contributed by atoms with Gasteiger partial charge in [-0.25, -0.2) is 4.63 Å². The molecule has 7 heteroatoms. The van der Waals surface area contributed by atoms with Crippen LogP contribution in [0.15, 0.2) is 16.8 Å². The van der Waals surface area contributed by atoms with E-state index in [1.165, 1.54) is 38.2 Å². The van der Waals surface area contributed by atoms with E-state index in [1.807, 2.05) is 0 Å². The van der Waals surface area contributed by atoms with E-state index in [9.17, 15) is 10.1 Å². The van der Waals surface area contributed by atoms with Crippen LogP contribution in [0.25, 0.3) is 11.0 Å². The van der Waals surface area contributed by atoms with Crippen molar-refractivity contribution >= 4 is 22.4 Å². The highest BCUT2D eigenvalue weighted by Crippen LogP contribution is 2.30. The van der Waals surface area contributed by atoms with Crippen molar-refractivity contribution < 1.29 is 9.55 Å². The van der Waals surface area contributed by atoms with Crippen LogP contribution in [0, 0.1) is 16.0 Å². The topological polar surface area (TPSA) is 94.1 Å². The standard InChI is InChI=1S/C14H18N4O3/c19-18(20)12-8-7-11(13-14(12)17-21-16-13)15-9-3-6-10-4-1-2-5-10/h7-8,10,15H,1-6,9H2. The number of hydrogen-bond acceptors (Lipinski definition) is 6. The van der Waals surface area contributed by atoms with Gasteiger partial charge in [-0.1, -0.05) is 25.7 Å². The minimum Gasteiger partial charge on any atom is -0.383 e. The van der Waals surface area contributed by atoms with Gasteiger partial charge in [0.25, 0.3) is 0 Å². The van der Waals surface area contributed by atoms with Gasteiger partial charge in [0.15, 0.2) is 5.52 Å². The van der Waals surface area contributed by atoms with Gasteiger partial charge >= 0.3 is 5.69 Å². The smallest absolute Gasteiger partial charge is 0.300 e. The van der Waals surface area contributed by atoms with Gasteiger partial charge in [0.2, 0.25) is 5.52 Å². The van der Waals surface area contributed by atoms with Crippen LogP contribution in [0.5, 0.6) is 0 Å². The molecule has 3 rings (SSSR count). The fraction of sp³-hybridized carbons (Fsp3) is 0.571. The summed E-state index contributed by atoms with van der Waals surface area (Å²) < 4.78 is 4.64. The lowest BCUT2D eigenvalue weighted by molar-refractivity contribution is -0.383. The number of anilines is 1. The molecule has 0 saturated heterocycles. The van der Waals surface area contributed by atoms with Gasteiger partial charge in [0.05, 0.1) is 10.6 Å². The number of nitrogens with one attached hydrogen (secondary N) is 1. The lowest BCUT2D eigenvalue weighted by atomic mass is 10.0. The fourth-order valence-electron chi connectivity index (χ4n) is 3.06. The molecule has 2 aromatic rings. The minimum absolute atomic E-state index is 0.0808. The molecule has 0 aliphatic heterocycles. The number of nitro groups is 1. The SMILES string of the molecule is O=[N+]([O-])c1ccc(NCCCC2CCCC2)c2nonc12. The molecule has 1 saturated carbocycles. The van der Waals surface area contributed by atoms with Crippen molar-refractivity contribution in [1.82, 2.24) is 10.3 Å². The van der Waals surface area contributed by atoms with Crippen molar-refractivity contribution in [2.45, 2.75) is 38.5 Å². The third kappa shape index (κ3) is 2.96. The normalized spacial score (nSPS) is 15.6. The number of nitro benzene ring substituents is 1. The van der Waals surface area contributed by atoms with Crippen molar-refractivity contribution in [1.29, 1.82) is 0 Å². The van der Waals surface area contributed by atoms with E-state index in [0.717, 1.165) is 24.6 Å². The first-order chi connectivity index (χ1) is 10.3. The van der Waals surface area contributed by atoms with E-state index in [2.05, 4.69) is 20.3 Å². The largest absolute Gasteiger partial charge is 0.383 e. The summed E-state index contributed by atoms with van der Waals surface area (Å²) >= 11 is 0. The number of rotatable bonds is 6. The molecule has 112 valence electrons. The first-order valence-electron chi connectivity index (χ1n) is 7.39. The second-order valence-electron chi connectivity index (χ2n) is 5.57. The van der Waals surface area contributed by atoms with Crippen LogP contribution in [0.4, 0.5) is 11.4 Å². The zero-order valence-corrected chi connectivity index (χ0v) is 11.7. The summed E-state index contributed by atoms with van der Waals surface area (Å²) in [4.78, 5) is 10.4. The quantitative estimate of drug-likeness (QED) is 0.497. The second-order valence-corrected chi connectivity index (χ2v) is 5.57. The summed E-state index contributed by atoms with van der Waals surface area (Å²) in [6.07, 6.45) is 7.77. The maximum Gasteiger partial charge on any atom is 0.300 e. The summed E-state index contributed by atoms with van der Waals surface area (Å²) in [5.74, 6) is 0.873. The van der Waals surface area contributed by atoms with E-state index >= 15 is 0 Å². The van der Waals surface area contributed by atoms with Gasteiger partial charge in [0, 0.05) is 12.6 Å². The van der Waals surface area contributed by atoms with Crippen LogP contribution >= 0.6 is 0 Å². The average molecular weight is 290 g/mol. The Kier molecular flexibility index (Phi) is 3.98. The number of hydrogen-bond donors (Lipinski definition) is 1. The Bertz CT molecular complexity index is 634. The van der Waals surface area contributed by atoms with Crippen LogP contribution in [-0.2, 0) is 0 Å². The van der Waals surface area contributed by atoms with Crippen LogP contribution in [0.3, 0.4) is 0 Å². The monoisotopic (exact) mass is 290 g/mol. The third-order valence-corrected chi connectivity index (χ3v) is 4.17. The van der Waals surface area contributed by atoms with Gasteiger partial charge < -0.3 is 5.32 Å². The van der Waals surface area contributed by atoms with Gasteiger partial charge in [0.1, 0.15) is 0 Å². The van der Waals surface area contributed by atoms with Gasteiger partial charge in [-0.3, -0.25) is 10.1 Å². The number of fused-ring (bicyclic) bond motifs is 1. The first-order valence-corrected chi connectivity index (χ1v) is 7.39. The maximum atomic E-state index is 10.9. The molecule has 1 aromatic heterocycles. The number of benzene rings is 1. The molecule has 1 N–H and O–H groups in total. The van der Waals surface area contributed by atoms with Crippen molar-refractivity contribution in [2.24, 2.45) is 5.92 Å². The Morgan fingerprint density at radius 2 is 2.05 bits per heavy atom. The Morgan fingerprint density at radius 1 is 1.29 bits per heavy atom. The molecule has 0 amide bonds. The van der Waals surface area contributed by atoms with E-state index < -0.39 is 4.92 Å². The molecule has 0 unspecified atom stereocenters. The Morgan fingerprint density at radius 3 is 2.81 bits per heavy atom. The van der Waals surface area contributed by atoms with E-state index in [-0.39, 0.29) is 11.2 Å². The zero-order valence-electron chi connectivity index (χ0n) is 11.7. The Hall–Kier alpha value is -2.18. The molecule has 0 bridgehead atoms. The molecule has 0 spiro atoms. The molecule has 1 aliphatic carbocycles. The van der Waals surface area contributed by atoms with Crippen LogP contribution in [0.2, 0.25) is 0 Å². The summed E-state index contributed by atoms with van der Waals surface area (Å²) in [5, 5.41) is 21.6. The second kappa shape index (κ2) is 6.07. The Balaban J connectivity index is 1.63. The molecule has 1 aromatic carbocycles. The lowest BCUT2D eigenvalue weighted by Crippen LogP contribution is -2.05. The van der Waals surface area contributed by atoms with E-state index in [4.69, 9.17) is 0 Å². The molecule has 1 fully saturated rings. The van der Waals surface area contributed by atoms with Crippen molar-refractivity contribution in [2.75, 3.05) is 11.9 Å². The van der Waals surface area contributed by atoms with Gasteiger partial charge in [-0.2, -0.15) is 0 Å². The maximum absolute atomic E-state index is 10.9. The molecule has 21 heavy (non-hydrogen) atoms. The van der Waals surface area contributed by atoms with Crippen molar-refractivity contribution in [3.05, 3.63) is 22.2 Å². The van der Waals surface area contributed by atoms with Gasteiger partial charge in [-0.05, 0) is 35.1 Å². The summed E-state index contributed by atoms with van der Waals surface area (Å²) in [7, 11) is 0. The Labute approximate surface area is 121 Å². The summed E-state index contributed by atoms with van der Waals surface area (Å²) in [5.41, 5.74) is 1.27. The van der Waals surface area contributed by atoms with Crippen LogP contribution < -0.4 is 5.32 Å². The van der Waals surface area contributed by atoms with Gasteiger partial charge in [-0.15, -0.1) is 0 Å². The zero-order chi connectivity index (χ0) is 14.7. The highest BCUT2D eigenvalue weighted by Gasteiger charge is 2.19. The third-order valence-electron chi connectivity index (χ3n) is 4.17. The number of aromatic nitrogens is 2. The molecule has 1 heterocycles. The molecular formula is C14H18N4O3.